The highest BCUT2D eigenvalue weighted by atomic mass is 32.1. The molecule has 3 atom stereocenters. The maximum absolute atomic E-state index is 11.0. The minimum atomic E-state index is -4.50. The zero-order valence-corrected chi connectivity index (χ0v) is 19.9. The van der Waals surface area contributed by atoms with Crippen LogP contribution in [0, 0.1) is 0 Å². The third-order valence-electron chi connectivity index (χ3n) is 6.45. The summed E-state index contributed by atoms with van der Waals surface area (Å²) in [4.78, 5) is 19.2. The summed E-state index contributed by atoms with van der Waals surface area (Å²) in [5.74, 6) is 0.292. The van der Waals surface area contributed by atoms with Crippen LogP contribution in [0.3, 0.4) is 0 Å². The largest absolute Gasteiger partial charge is 0.469 e. The van der Waals surface area contributed by atoms with Gasteiger partial charge in [0.05, 0.1) is 32.5 Å². The predicted molar refractivity (Wildman–Crippen MR) is 124 cm³/mol. The fourth-order valence-electron chi connectivity index (χ4n) is 4.76. The molecule has 7 nitrogen and oxygen atoms in total. The number of hydrogen-bond donors (Lipinski definition) is 3. The van der Waals surface area contributed by atoms with Gasteiger partial charge in [0.15, 0.2) is 0 Å². The molecule has 1 aromatic carbocycles. The number of ether oxygens (including phenoxy) is 2. The molecule has 2 aliphatic rings. The van der Waals surface area contributed by atoms with E-state index in [-0.39, 0.29) is 12.7 Å². The Bertz CT molecular complexity index is 933. The molecular formula is C23H32NO6PS. The van der Waals surface area contributed by atoms with Crippen LogP contribution in [0.25, 0.3) is 0 Å². The smallest absolute Gasteiger partial charge is 0.375 e. The third kappa shape index (κ3) is 6.72. The van der Waals surface area contributed by atoms with Gasteiger partial charge in [-0.05, 0) is 72.6 Å². The molecule has 1 aromatic heterocycles. The Morgan fingerprint density at radius 3 is 2.84 bits per heavy atom. The highest BCUT2D eigenvalue weighted by Crippen LogP contribution is 2.44. The second-order valence-electron chi connectivity index (χ2n) is 8.96. The number of benzene rings is 1. The monoisotopic (exact) mass is 481 g/mol. The number of phosphoric ester groups is 1. The Labute approximate surface area is 193 Å². The number of rotatable bonds is 10. The Morgan fingerprint density at radius 1 is 1.19 bits per heavy atom. The van der Waals surface area contributed by atoms with Crippen molar-refractivity contribution in [2.75, 3.05) is 19.8 Å². The maximum atomic E-state index is 11.0. The number of fused-ring (bicyclic) bond motifs is 1. The van der Waals surface area contributed by atoms with E-state index in [0.29, 0.717) is 38.6 Å². The van der Waals surface area contributed by atoms with Crippen molar-refractivity contribution in [1.29, 1.82) is 0 Å². The highest BCUT2D eigenvalue weighted by molar-refractivity contribution is 7.46. The summed E-state index contributed by atoms with van der Waals surface area (Å²) in [7, 11) is -4.50. The van der Waals surface area contributed by atoms with Crippen molar-refractivity contribution in [3.8, 4) is 0 Å². The fraction of sp³-hybridized carbons (Fsp3) is 0.565. The molecule has 176 valence electrons. The van der Waals surface area contributed by atoms with Crippen molar-refractivity contribution in [1.82, 2.24) is 0 Å². The summed E-state index contributed by atoms with van der Waals surface area (Å²) < 4.78 is 27.4. The van der Waals surface area contributed by atoms with Crippen LogP contribution in [0.4, 0.5) is 0 Å². The average molecular weight is 482 g/mol. The number of aryl methyl sites for hydroxylation is 1. The first-order chi connectivity index (χ1) is 15.3. The van der Waals surface area contributed by atoms with Crippen LogP contribution < -0.4 is 5.73 Å². The van der Waals surface area contributed by atoms with E-state index in [9.17, 15) is 4.57 Å². The van der Waals surface area contributed by atoms with E-state index in [1.807, 2.05) is 6.07 Å². The Morgan fingerprint density at radius 2 is 2.06 bits per heavy atom. The van der Waals surface area contributed by atoms with Crippen molar-refractivity contribution in [2.24, 2.45) is 5.73 Å². The van der Waals surface area contributed by atoms with Crippen LogP contribution in [0.15, 0.2) is 35.7 Å². The van der Waals surface area contributed by atoms with E-state index in [1.165, 1.54) is 21.6 Å². The number of thiophene rings is 1. The first-order valence-corrected chi connectivity index (χ1v) is 13.5. The van der Waals surface area contributed by atoms with E-state index in [2.05, 4.69) is 34.2 Å². The van der Waals surface area contributed by atoms with E-state index >= 15 is 0 Å². The number of nitrogens with two attached hydrogens (primary N) is 1. The van der Waals surface area contributed by atoms with Crippen molar-refractivity contribution in [3.05, 3.63) is 57.3 Å². The zero-order chi connectivity index (χ0) is 22.6. The topological polar surface area (TPSA) is 111 Å². The SMILES string of the molecule is N[C@]1(COP(=O)(O)O)CC[C@H](c2ccc3c(c2)CC[C@H](OCCOCc2cccs2)C3)C1. The average Bonchev–Trinajstić information content (AvgIpc) is 3.42. The molecule has 4 N–H and O–H groups in total. The summed E-state index contributed by atoms with van der Waals surface area (Å²) >= 11 is 1.70. The quantitative estimate of drug-likeness (QED) is 0.348. The van der Waals surface area contributed by atoms with Crippen molar-refractivity contribution < 1.29 is 28.3 Å². The molecule has 32 heavy (non-hydrogen) atoms. The lowest BCUT2D eigenvalue weighted by atomic mass is 9.85. The predicted octanol–water partition coefficient (Wildman–Crippen LogP) is 3.91. The van der Waals surface area contributed by atoms with Crippen LogP contribution in [0.2, 0.25) is 0 Å². The molecule has 0 saturated heterocycles. The maximum Gasteiger partial charge on any atom is 0.469 e. The van der Waals surface area contributed by atoms with Crippen LogP contribution >= 0.6 is 19.2 Å². The summed E-state index contributed by atoms with van der Waals surface area (Å²) in [5.41, 5.74) is 9.63. The van der Waals surface area contributed by atoms with Crippen molar-refractivity contribution in [2.45, 2.75) is 62.7 Å². The molecule has 1 saturated carbocycles. The Hall–Kier alpha value is -1.09. The van der Waals surface area contributed by atoms with Crippen molar-refractivity contribution >= 4 is 19.2 Å². The molecule has 0 radical (unpaired) electrons. The summed E-state index contributed by atoms with van der Waals surface area (Å²) in [6.45, 7) is 1.75. The fourth-order valence-corrected chi connectivity index (χ4v) is 5.83. The summed E-state index contributed by atoms with van der Waals surface area (Å²) in [5, 5.41) is 2.06. The van der Waals surface area contributed by atoms with Gasteiger partial charge in [-0.2, -0.15) is 0 Å². The first kappa shape index (κ1) is 24.0. The van der Waals surface area contributed by atoms with Gasteiger partial charge < -0.3 is 25.0 Å². The molecule has 0 amide bonds. The van der Waals surface area contributed by atoms with Crippen LogP contribution in [0.5, 0.6) is 0 Å². The molecular weight excluding hydrogens is 449 g/mol. The van der Waals surface area contributed by atoms with Crippen LogP contribution in [0.1, 0.15) is 53.2 Å². The molecule has 2 aromatic rings. The highest BCUT2D eigenvalue weighted by Gasteiger charge is 2.38. The van der Waals surface area contributed by atoms with Gasteiger partial charge in [0, 0.05) is 10.4 Å². The van der Waals surface area contributed by atoms with Gasteiger partial charge in [-0.15, -0.1) is 11.3 Å². The second kappa shape index (κ2) is 10.5. The Balaban J connectivity index is 1.24. The number of hydrogen-bond acceptors (Lipinski definition) is 6. The van der Waals surface area contributed by atoms with E-state index < -0.39 is 13.4 Å². The molecule has 0 unspecified atom stereocenters. The first-order valence-electron chi connectivity index (χ1n) is 11.1. The summed E-state index contributed by atoms with van der Waals surface area (Å²) in [6, 6.07) is 10.8. The van der Waals surface area contributed by atoms with Gasteiger partial charge in [-0.25, -0.2) is 4.57 Å². The molecule has 0 aliphatic heterocycles. The molecule has 0 bridgehead atoms. The van der Waals surface area contributed by atoms with E-state index in [4.69, 9.17) is 25.0 Å². The molecule has 0 spiro atoms. The molecule has 4 rings (SSSR count). The lowest BCUT2D eigenvalue weighted by Gasteiger charge is -2.27. The van der Waals surface area contributed by atoms with Gasteiger partial charge in [0.2, 0.25) is 0 Å². The molecule has 9 heteroatoms. The van der Waals surface area contributed by atoms with Gasteiger partial charge >= 0.3 is 7.82 Å². The van der Waals surface area contributed by atoms with Gasteiger partial charge in [-0.3, -0.25) is 4.52 Å². The van der Waals surface area contributed by atoms with Crippen molar-refractivity contribution in [3.63, 3.8) is 0 Å². The van der Waals surface area contributed by atoms with E-state index in [0.717, 1.165) is 25.7 Å². The third-order valence-corrected chi connectivity index (χ3v) is 7.77. The van der Waals surface area contributed by atoms with Gasteiger partial charge in [0.25, 0.3) is 0 Å². The molecule has 1 fully saturated rings. The van der Waals surface area contributed by atoms with Gasteiger partial charge in [-0.1, -0.05) is 24.3 Å². The van der Waals surface area contributed by atoms with E-state index in [1.54, 1.807) is 11.3 Å². The Kier molecular flexibility index (Phi) is 7.85. The standard InChI is InChI=1S/C23H32NO6PS/c24-23(16-30-31(25,26)27)8-7-20(14-23)18-3-4-19-13-21(6-5-17(19)12-18)29-10-9-28-15-22-2-1-11-32-22/h1-4,11-12,20-21H,5-10,13-16,24H2,(H2,25,26,27)/t20-,21-,23+/m0/s1. The minimum absolute atomic E-state index is 0.116. The van der Waals surface area contributed by atoms with Crippen LogP contribution in [-0.4, -0.2) is 41.3 Å². The lowest BCUT2D eigenvalue weighted by Crippen LogP contribution is -2.41. The lowest BCUT2D eigenvalue weighted by molar-refractivity contribution is -0.00412. The normalized spacial score (nSPS) is 25.7. The number of phosphoric acid groups is 1. The van der Waals surface area contributed by atoms with Crippen LogP contribution in [-0.2, 0) is 38.0 Å². The summed E-state index contributed by atoms with van der Waals surface area (Å²) in [6.07, 6.45) is 5.41. The molecule has 1 heterocycles. The second-order valence-corrected chi connectivity index (χ2v) is 11.2. The molecule has 2 aliphatic carbocycles. The van der Waals surface area contributed by atoms with Gasteiger partial charge in [0.1, 0.15) is 0 Å². The zero-order valence-electron chi connectivity index (χ0n) is 18.2. The minimum Gasteiger partial charge on any atom is -0.375 e.